The van der Waals surface area contributed by atoms with Crippen molar-refractivity contribution >= 4 is 9.53 Å². The number of benzene rings is 1. The molecule has 0 saturated carbocycles. The lowest BCUT2D eigenvalue weighted by atomic mass is 10.2. The van der Waals surface area contributed by atoms with E-state index in [1.54, 1.807) is 12.1 Å². The van der Waals surface area contributed by atoms with Gasteiger partial charge in [-0.1, -0.05) is 12.1 Å². The Kier molecular flexibility index (Phi) is 2.29. The van der Waals surface area contributed by atoms with Crippen LogP contribution in [-0.4, -0.2) is 15.0 Å². The molecule has 5 N–H and O–H groups in total. The zero-order valence-corrected chi connectivity index (χ0v) is 8.25. The van der Waals surface area contributed by atoms with E-state index in [1.165, 1.54) is 12.1 Å². The normalized spacial score (nSPS) is 14.9. The first-order valence-electron chi connectivity index (χ1n) is 3.78. The molecule has 0 saturated heterocycles. The molecule has 0 aliphatic rings. The van der Waals surface area contributed by atoms with Crippen molar-refractivity contribution in [3.63, 3.8) is 0 Å². The molecule has 0 bridgehead atoms. The highest BCUT2D eigenvalue weighted by atomic mass is 32.3. The summed E-state index contributed by atoms with van der Waals surface area (Å²) in [5.41, 5.74) is 6.28. The second-order valence-corrected chi connectivity index (χ2v) is 6.39. The molecule has 0 aliphatic carbocycles. The summed E-state index contributed by atoms with van der Waals surface area (Å²) in [6.45, 7) is 0.409. The molecule has 74 valence electrons. The van der Waals surface area contributed by atoms with Crippen LogP contribution in [0.3, 0.4) is 0 Å². The summed E-state index contributed by atoms with van der Waals surface area (Å²) in [5, 5.41) is 5.27. The molecule has 0 heterocycles. The predicted octanol–water partition coefficient (Wildman–Crippen LogP) is 0.301. The van der Waals surface area contributed by atoms with Gasteiger partial charge < -0.3 is 5.73 Å². The van der Waals surface area contributed by atoms with Crippen molar-refractivity contribution in [2.24, 2.45) is 10.9 Å². The fraction of sp³-hybridized carbons (Fsp3) is 0.250. The summed E-state index contributed by atoms with van der Waals surface area (Å²) in [4.78, 5) is 0.231. The van der Waals surface area contributed by atoms with Crippen molar-refractivity contribution in [2.75, 3.05) is 6.26 Å². The lowest BCUT2D eigenvalue weighted by Gasteiger charge is -2.33. The summed E-state index contributed by atoms with van der Waals surface area (Å²) in [6.07, 6.45) is 1.12. The topological polar surface area (TPSA) is 89.3 Å². The quantitative estimate of drug-likeness (QED) is 0.644. The van der Waals surface area contributed by atoms with Crippen LogP contribution in [0.25, 0.3) is 0 Å². The maximum Gasteiger partial charge on any atom is 0.0684 e. The Bertz CT molecular complexity index is 355. The van der Waals surface area contributed by atoms with Crippen LogP contribution in [0.15, 0.2) is 29.2 Å². The van der Waals surface area contributed by atoms with Gasteiger partial charge in [0.1, 0.15) is 0 Å². The molecule has 0 aromatic heterocycles. The molecule has 13 heavy (non-hydrogen) atoms. The minimum Gasteiger partial charge on any atom is -0.326 e. The van der Waals surface area contributed by atoms with Crippen LogP contribution < -0.4 is 10.9 Å². The van der Waals surface area contributed by atoms with Crippen LogP contribution >= 0.6 is 0 Å². The average Bonchev–Trinajstić information content (AvgIpc) is 2.02. The largest absolute Gasteiger partial charge is 0.326 e. The van der Waals surface area contributed by atoms with E-state index in [-0.39, 0.29) is 4.90 Å². The van der Waals surface area contributed by atoms with Crippen LogP contribution in [0.5, 0.6) is 0 Å². The molecule has 5 heteroatoms. The zero-order chi connectivity index (χ0) is 10.1. The second kappa shape index (κ2) is 2.88. The fourth-order valence-corrected chi connectivity index (χ4v) is 1.75. The van der Waals surface area contributed by atoms with Crippen LogP contribution in [0.1, 0.15) is 5.56 Å². The molecular formula is C8H14N2O2S. The van der Waals surface area contributed by atoms with E-state index in [1.807, 2.05) is 0 Å². The summed E-state index contributed by atoms with van der Waals surface area (Å²) in [5.74, 6) is 0. The average molecular weight is 202 g/mol. The highest BCUT2D eigenvalue weighted by Crippen LogP contribution is 2.21. The molecule has 4 nitrogen and oxygen atoms in total. The van der Waals surface area contributed by atoms with Crippen molar-refractivity contribution < 1.29 is 8.76 Å². The lowest BCUT2D eigenvalue weighted by molar-refractivity contribution is 0.521. The SMILES string of the molecule is CS(N)(=O)(O)c1ccc(CN)cc1. The Hall–Kier alpha value is -0.750. The van der Waals surface area contributed by atoms with E-state index in [0.29, 0.717) is 6.54 Å². The third-order valence-corrected chi connectivity index (χ3v) is 3.15. The van der Waals surface area contributed by atoms with Gasteiger partial charge in [-0.25, -0.2) is 5.14 Å². The standard InChI is InChI=1S/C8H14N2O2S/c1-13(10,11,12)8-4-2-7(6-9)3-5-8/h2-5H,6,9H2,1H3,(H3,10,11,12). The van der Waals surface area contributed by atoms with Gasteiger partial charge in [-0.2, -0.15) is 4.21 Å². The molecule has 0 aliphatic heterocycles. The third kappa shape index (κ3) is 2.60. The van der Waals surface area contributed by atoms with Gasteiger partial charge in [0.2, 0.25) is 0 Å². The first-order valence-corrected chi connectivity index (χ1v) is 6.18. The van der Waals surface area contributed by atoms with E-state index in [0.717, 1.165) is 11.8 Å². The Morgan fingerprint density at radius 3 is 2.15 bits per heavy atom. The predicted molar refractivity (Wildman–Crippen MR) is 53.5 cm³/mol. The van der Waals surface area contributed by atoms with Crippen molar-refractivity contribution in [3.8, 4) is 0 Å². The van der Waals surface area contributed by atoms with Crippen molar-refractivity contribution in [1.29, 1.82) is 0 Å². The van der Waals surface area contributed by atoms with Crippen LogP contribution in [-0.2, 0) is 16.1 Å². The minimum atomic E-state index is -4.08. The first-order chi connectivity index (χ1) is 5.80. The smallest absolute Gasteiger partial charge is 0.0684 e. The molecular weight excluding hydrogens is 188 g/mol. The molecule has 0 unspecified atom stereocenters. The summed E-state index contributed by atoms with van der Waals surface area (Å²) >= 11 is 0. The molecule has 0 atom stereocenters. The van der Waals surface area contributed by atoms with Crippen LogP contribution in [0.2, 0.25) is 0 Å². The van der Waals surface area contributed by atoms with Gasteiger partial charge in [-0.3, -0.25) is 4.55 Å². The number of hydrogen-bond acceptors (Lipinski definition) is 2. The van der Waals surface area contributed by atoms with Gasteiger partial charge in [0.15, 0.2) is 0 Å². The Labute approximate surface area is 77.3 Å². The highest BCUT2D eigenvalue weighted by Gasteiger charge is 2.16. The Balaban J connectivity index is 3.15. The number of hydrogen-bond donors (Lipinski definition) is 3. The monoisotopic (exact) mass is 202 g/mol. The van der Waals surface area contributed by atoms with Crippen molar-refractivity contribution in [2.45, 2.75) is 11.4 Å². The molecule has 0 radical (unpaired) electrons. The molecule has 0 fully saturated rings. The highest BCUT2D eigenvalue weighted by molar-refractivity contribution is 8.12. The third-order valence-electron chi connectivity index (χ3n) is 1.73. The van der Waals surface area contributed by atoms with E-state index in [9.17, 15) is 8.76 Å². The first kappa shape index (κ1) is 10.3. The summed E-state index contributed by atoms with van der Waals surface area (Å²) in [6, 6.07) is 6.43. The number of nitrogens with two attached hydrogens (primary N) is 2. The fourth-order valence-electron chi connectivity index (χ4n) is 0.957. The zero-order valence-electron chi connectivity index (χ0n) is 7.43. The van der Waals surface area contributed by atoms with E-state index in [2.05, 4.69) is 0 Å². The molecule has 0 amide bonds. The summed E-state index contributed by atoms with van der Waals surface area (Å²) < 4.78 is 20.9. The minimum absolute atomic E-state index is 0.231. The van der Waals surface area contributed by atoms with Crippen LogP contribution in [0.4, 0.5) is 0 Å². The van der Waals surface area contributed by atoms with E-state index >= 15 is 0 Å². The summed E-state index contributed by atoms with van der Waals surface area (Å²) in [7, 11) is -4.08. The van der Waals surface area contributed by atoms with Gasteiger partial charge in [0.05, 0.1) is 4.90 Å². The second-order valence-electron chi connectivity index (χ2n) is 3.21. The molecule has 0 spiro atoms. The number of rotatable bonds is 2. The van der Waals surface area contributed by atoms with E-state index < -0.39 is 9.53 Å². The maximum absolute atomic E-state index is 11.5. The van der Waals surface area contributed by atoms with E-state index in [4.69, 9.17) is 10.9 Å². The van der Waals surface area contributed by atoms with Gasteiger partial charge in [0, 0.05) is 12.8 Å². The molecule has 1 rings (SSSR count). The van der Waals surface area contributed by atoms with Crippen molar-refractivity contribution in [1.82, 2.24) is 0 Å². The Morgan fingerprint density at radius 2 is 1.85 bits per heavy atom. The van der Waals surface area contributed by atoms with Gasteiger partial charge in [-0.15, -0.1) is 9.53 Å². The molecule has 1 aromatic rings. The van der Waals surface area contributed by atoms with Gasteiger partial charge >= 0.3 is 0 Å². The van der Waals surface area contributed by atoms with Gasteiger partial charge in [0.25, 0.3) is 0 Å². The van der Waals surface area contributed by atoms with Crippen LogP contribution in [0, 0.1) is 0 Å². The van der Waals surface area contributed by atoms with Gasteiger partial charge in [-0.05, 0) is 17.7 Å². The Morgan fingerprint density at radius 1 is 1.38 bits per heavy atom. The lowest BCUT2D eigenvalue weighted by Crippen LogP contribution is -2.40. The van der Waals surface area contributed by atoms with Crippen molar-refractivity contribution in [3.05, 3.63) is 29.8 Å². The molecule has 1 aromatic carbocycles. The maximum atomic E-state index is 11.5.